The Balaban J connectivity index is 1.97. The summed E-state index contributed by atoms with van der Waals surface area (Å²) in [4.78, 5) is 0. The van der Waals surface area contributed by atoms with Gasteiger partial charge >= 0.3 is 0 Å². The summed E-state index contributed by atoms with van der Waals surface area (Å²) in [7, 11) is -3.21. The van der Waals surface area contributed by atoms with Crippen LogP contribution in [0.15, 0.2) is 24.3 Å². The monoisotopic (exact) mass is 307 g/mol. The van der Waals surface area contributed by atoms with E-state index in [1.165, 1.54) is 0 Å². The first-order valence-corrected chi connectivity index (χ1v) is 8.83. The van der Waals surface area contributed by atoms with E-state index in [-0.39, 0.29) is 11.9 Å². The molecule has 0 bridgehead atoms. The van der Waals surface area contributed by atoms with Crippen molar-refractivity contribution in [3.05, 3.63) is 35.4 Å². The summed E-state index contributed by atoms with van der Waals surface area (Å²) < 4.78 is 27.0. The number of nitrogens with one attached hydrogen (secondary N) is 1. The average Bonchev–Trinajstić information content (AvgIpc) is 3.01. The molecular formula is C16H21NO3S. The van der Waals surface area contributed by atoms with Crippen molar-refractivity contribution in [1.29, 1.82) is 0 Å². The Hall–Kier alpha value is -1.35. The summed E-state index contributed by atoms with van der Waals surface area (Å²) in [6.45, 7) is 0.349. The van der Waals surface area contributed by atoms with E-state index in [2.05, 4.69) is 16.6 Å². The first-order chi connectivity index (χ1) is 10.1. The smallest absolute Gasteiger partial charge is 0.214 e. The minimum atomic E-state index is -3.21. The lowest BCUT2D eigenvalue weighted by atomic mass is 10.1. The lowest BCUT2D eigenvalue weighted by Crippen LogP contribution is -2.32. The Morgan fingerprint density at radius 1 is 1.29 bits per heavy atom. The molecule has 1 aromatic rings. The van der Waals surface area contributed by atoms with Gasteiger partial charge in [-0.25, -0.2) is 13.1 Å². The SMILES string of the molecule is O=S(=O)(NCc1cccc(C#CCCO)c1)C1CCCC1. The van der Waals surface area contributed by atoms with Crippen LogP contribution >= 0.6 is 0 Å². The molecular weight excluding hydrogens is 286 g/mol. The minimum absolute atomic E-state index is 0.0495. The summed E-state index contributed by atoms with van der Waals surface area (Å²) in [6, 6.07) is 7.50. The van der Waals surface area contributed by atoms with E-state index < -0.39 is 10.0 Å². The predicted molar refractivity (Wildman–Crippen MR) is 83.0 cm³/mol. The van der Waals surface area contributed by atoms with Gasteiger partial charge in [0.1, 0.15) is 0 Å². The van der Waals surface area contributed by atoms with Crippen LogP contribution in [-0.2, 0) is 16.6 Å². The van der Waals surface area contributed by atoms with Gasteiger partial charge in [0.25, 0.3) is 0 Å². The molecule has 1 saturated carbocycles. The van der Waals surface area contributed by atoms with E-state index in [9.17, 15) is 8.42 Å². The minimum Gasteiger partial charge on any atom is -0.395 e. The highest BCUT2D eigenvalue weighted by Crippen LogP contribution is 2.24. The van der Waals surface area contributed by atoms with Crippen LogP contribution in [0.3, 0.4) is 0 Å². The Kier molecular flexibility index (Phi) is 5.80. The van der Waals surface area contributed by atoms with Crippen molar-refractivity contribution >= 4 is 10.0 Å². The van der Waals surface area contributed by atoms with Crippen LogP contribution in [0.25, 0.3) is 0 Å². The molecule has 1 aromatic carbocycles. The molecule has 0 spiro atoms. The molecule has 2 rings (SSSR count). The highest BCUT2D eigenvalue weighted by Gasteiger charge is 2.28. The molecule has 0 amide bonds. The second kappa shape index (κ2) is 7.60. The van der Waals surface area contributed by atoms with E-state index in [0.29, 0.717) is 13.0 Å². The van der Waals surface area contributed by atoms with Crippen LogP contribution in [0.5, 0.6) is 0 Å². The summed E-state index contributed by atoms with van der Waals surface area (Å²) >= 11 is 0. The number of aliphatic hydroxyl groups excluding tert-OH is 1. The first-order valence-electron chi connectivity index (χ1n) is 7.29. The Bertz CT molecular complexity index is 622. The van der Waals surface area contributed by atoms with Gasteiger partial charge < -0.3 is 5.11 Å². The molecule has 1 aliphatic carbocycles. The number of aliphatic hydroxyl groups is 1. The molecule has 21 heavy (non-hydrogen) atoms. The van der Waals surface area contributed by atoms with Crippen LogP contribution in [0, 0.1) is 11.8 Å². The van der Waals surface area contributed by atoms with Gasteiger partial charge in [0.05, 0.1) is 11.9 Å². The van der Waals surface area contributed by atoms with Crippen molar-refractivity contribution in [3.63, 3.8) is 0 Å². The van der Waals surface area contributed by atoms with Crippen molar-refractivity contribution in [2.45, 2.75) is 43.9 Å². The Morgan fingerprint density at radius 3 is 2.76 bits per heavy atom. The lowest BCUT2D eigenvalue weighted by Gasteiger charge is -2.12. The molecule has 114 valence electrons. The predicted octanol–water partition coefficient (Wildman–Crippen LogP) is 1.78. The zero-order chi connectivity index (χ0) is 15.1. The topological polar surface area (TPSA) is 66.4 Å². The van der Waals surface area contributed by atoms with Crippen LogP contribution in [0.2, 0.25) is 0 Å². The molecule has 0 atom stereocenters. The van der Waals surface area contributed by atoms with Gasteiger partial charge in [0.15, 0.2) is 0 Å². The van der Waals surface area contributed by atoms with Crippen molar-refractivity contribution in [2.24, 2.45) is 0 Å². The van der Waals surface area contributed by atoms with E-state index in [1.807, 2.05) is 24.3 Å². The summed E-state index contributed by atoms with van der Waals surface area (Å²) in [6.07, 6.45) is 3.98. The number of hydrogen-bond acceptors (Lipinski definition) is 3. The third-order valence-electron chi connectivity index (χ3n) is 3.62. The molecule has 0 saturated heterocycles. The van der Waals surface area contributed by atoms with Crippen molar-refractivity contribution in [1.82, 2.24) is 4.72 Å². The van der Waals surface area contributed by atoms with Crippen LogP contribution in [0.1, 0.15) is 43.2 Å². The second-order valence-corrected chi connectivity index (χ2v) is 7.29. The lowest BCUT2D eigenvalue weighted by molar-refractivity contribution is 0.305. The standard InChI is InChI=1S/C16H21NO3S/c18-11-4-3-6-14-7-5-8-15(12-14)13-17-21(19,20)16-9-1-2-10-16/h5,7-8,12,16-18H,1-2,4,9-11,13H2. The molecule has 2 N–H and O–H groups in total. The zero-order valence-electron chi connectivity index (χ0n) is 12.0. The summed E-state index contributed by atoms with van der Waals surface area (Å²) in [5, 5.41) is 8.47. The highest BCUT2D eigenvalue weighted by atomic mass is 32.2. The van der Waals surface area contributed by atoms with E-state index in [1.54, 1.807) is 0 Å². The zero-order valence-corrected chi connectivity index (χ0v) is 12.8. The van der Waals surface area contributed by atoms with Crippen LogP contribution in [-0.4, -0.2) is 25.4 Å². The van der Waals surface area contributed by atoms with Gasteiger partial charge in [0.2, 0.25) is 10.0 Å². The fourth-order valence-electron chi connectivity index (χ4n) is 2.48. The third kappa shape index (κ3) is 4.85. The number of benzene rings is 1. The number of hydrogen-bond donors (Lipinski definition) is 2. The van der Waals surface area contributed by atoms with Gasteiger partial charge in [-0.3, -0.25) is 0 Å². The fraction of sp³-hybridized carbons (Fsp3) is 0.500. The van der Waals surface area contributed by atoms with Crippen LogP contribution in [0.4, 0.5) is 0 Å². The number of sulfonamides is 1. The van der Waals surface area contributed by atoms with E-state index >= 15 is 0 Å². The van der Waals surface area contributed by atoms with Crippen LogP contribution < -0.4 is 4.72 Å². The number of rotatable bonds is 5. The normalized spacial score (nSPS) is 15.7. The van der Waals surface area contributed by atoms with E-state index in [4.69, 9.17) is 5.11 Å². The van der Waals surface area contributed by atoms with Crippen molar-refractivity contribution in [2.75, 3.05) is 6.61 Å². The summed E-state index contributed by atoms with van der Waals surface area (Å²) in [5.74, 6) is 5.81. The summed E-state index contributed by atoms with van der Waals surface area (Å²) in [5.41, 5.74) is 1.73. The molecule has 1 fully saturated rings. The Labute approximate surface area is 126 Å². The van der Waals surface area contributed by atoms with Crippen molar-refractivity contribution < 1.29 is 13.5 Å². The average molecular weight is 307 g/mol. The van der Waals surface area contributed by atoms with Gasteiger partial charge in [0, 0.05) is 18.5 Å². The van der Waals surface area contributed by atoms with Gasteiger partial charge in [-0.15, -0.1) is 0 Å². The third-order valence-corrected chi connectivity index (χ3v) is 5.51. The van der Waals surface area contributed by atoms with Gasteiger partial charge in [-0.1, -0.05) is 36.8 Å². The molecule has 0 heterocycles. The maximum Gasteiger partial charge on any atom is 0.214 e. The Morgan fingerprint density at radius 2 is 2.05 bits per heavy atom. The second-order valence-electron chi connectivity index (χ2n) is 5.25. The van der Waals surface area contributed by atoms with Crippen molar-refractivity contribution in [3.8, 4) is 11.8 Å². The first kappa shape index (κ1) is 16.0. The van der Waals surface area contributed by atoms with Gasteiger partial charge in [-0.05, 0) is 30.5 Å². The highest BCUT2D eigenvalue weighted by molar-refractivity contribution is 7.90. The van der Waals surface area contributed by atoms with Gasteiger partial charge in [-0.2, -0.15) is 0 Å². The molecule has 0 radical (unpaired) electrons. The molecule has 0 unspecified atom stereocenters. The quantitative estimate of drug-likeness (QED) is 0.815. The fourth-order valence-corrected chi connectivity index (χ4v) is 4.04. The maximum absolute atomic E-state index is 12.1. The molecule has 0 aliphatic heterocycles. The maximum atomic E-state index is 12.1. The molecule has 0 aromatic heterocycles. The largest absolute Gasteiger partial charge is 0.395 e. The molecule has 5 heteroatoms. The molecule has 1 aliphatic rings. The molecule has 4 nitrogen and oxygen atoms in total. The van der Waals surface area contributed by atoms with E-state index in [0.717, 1.165) is 36.8 Å².